The van der Waals surface area contributed by atoms with E-state index in [1.807, 2.05) is 13.0 Å². The Balaban J connectivity index is 2.09. The van der Waals surface area contributed by atoms with E-state index in [-0.39, 0.29) is 11.7 Å². The number of carbonyl (C=O) groups is 1. The first-order valence-corrected chi connectivity index (χ1v) is 6.88. The van der Waals surface area contributed by atoms with E-state index in [2.05, 4.69) is 6.92 Å². The molecule has 1 aromatic rings. The summed E-state index contributed by atoms with van der Waals surface area (Å²) in [6.45, 7) is 4.11. The van der Waals surface area contributed by atoms with Gasteiger partial charge in [-0.1, -0.05) is 19.4 Å². The molecule has 1 aromatic carbocycles. The van der Waals surface area contributed by atoms with Gasteiger partial charge in [-0.15, -0.1) is 0 Å². The van der Waals surface area contributed by atoms with Crippen molar-refractivity contribution in [2.24, 2.45) is 11.8 Å². The lowest BCUT2D eigenvalue weighted by Crippen LogP contribution is -2.26. The topological polar surface area (TPSA) is 17.1 Å². The molecule has 0 amide bonds. The van der Waals surface area contributed by atoms with Crippen molar-refractivity contribution in [3.8, 4) is 0 Å². The molecule has 0 spiro atoms. The highest BCUT2D eigenvalue weighted by molar-refractivity contribution is 5.82. The van der Waals surface area contributed by atoms with E-state index in [4.69, 9.17) is 0 Å². The van der Waals surface area contributed by atoms with Gasteiger partial charge in [0.15, 0.2) is 0 Å². The van der Waals surface area contributed by atoms with Crippen molar-refractivity contribution < 1.29 is 9.18 Å². The monoisotopic (exact) mass is 248 g/mol. The Bertz CT molecular complexity index is 439. The average molecular weight is 248 g/mol. The standard InChI is InChI=1S/C16H21FO/c1-3-12-4-7-16(18)14(9-12)10-13-5-6-15(17)8-11(13)2/h5-6,8,12,14H,3-4,7,9-10H2,1-2H3. The van der Waals surface area contributed by atoms with Gasteiger partial charge in [-0.2, -0.15) is 0 Å². The van der Waals surface area contributed by atoms with Crippen molar-refractivity contribution >= 4 is 5.78 Å². The molecule has 2 heteroatoms. The number of halogens is 1. The summed E-state index contributed by atoms with van der Waals surface area (Å²) in [5.41, 5.74) is 2.08. The summed E-state index contributed by atoms with van der Waals surface area (Å²) in [7, 11) is 0. The Morgan fingerprint density at radius 1 is 1.39 bits per heavy atom. The van der Waals surface area contributed by atoms with E-state index in [9.17, 15) is 9.18 Å². The average Bonchev–Trinajstić information content (AvgIpc) is 2.35. The molecular formula is C16H21FO. The van der Waals surface area contributed by atoms with Crippen LogP contribution in [-0.2, 0) is 11.2 Å². The van der Waals surface area contributed by atoms with Crippen LogP contribution in [0.15, 0.2) is 18.2 Å². The van der Waals surface area contributed by atoms with Crippen LogP contribution < -0.4 is 0 Å². The molecule has 0 heterocycles. The van der Waals surface area contributed by atoms with Gasteiger partial charge in [0.25, 0.3) is 0 Å². The number of benzene rings is 1. The lowest BCUT2D eigenvalue weighted by molar-refractivity contribution is -0.125. The second-order valence-corrected chi connectivity index (χ2v) is 5.49. The Morgan fingerprint density at radius 3 is 2.83 bits per heavy atom. The molecule has 2 unspecified atom stereocenters. The van der Waals surface area contributed by atoms with Crippen molar-refractivity contribution in [3.05, 3.63) is 35.1 Å². The Labute approximate surface area is 108 Å². The summed E-state index contributed by atoms with van der Waals surface area (Å²) in [6, 6.07) is 4.88. The molecule has 0 bridgehead atoms. The predicted molar refractivity (Wildman–Crippen MR) is 71.0 cm³/mol. The Morgan fingerprint density at radius 2 is 2.17 bits per heavy atom. The van der Waals surface area contributed by atoms with Gasteiger partial charge in [-0.25, -0.2) is 4.39 Å². The van der Waals surface area contributed by atoms with Gasteiger partial charge in [-0.05, 0) is 55.4 Å². The summed E-state index contributed by atoms with van der Waals surface area (Å²) < 4.78 is 13.1. The van der Waals surface area contributed by atoms with Gasteiger partial charge in [0.2, 0.25) is 0 Å². The van der Waals surface area contributed by atoms with E-state index < -0.39 is 0 Å². The maximum Gasteiger partial charge on any atom is 0.136 e. The minimum absolute atomic E-state index is 0.146. The molecule has 0 aliphatic heterocycles. The molecule has 0 aromatic heterocycles. The van der Waals surface area contributed by atoms with E-state index >= 15 is 0 Å². The van der Waals surface area contributed by atoms with Gasteiger partial charge >= 0.3 is 0 Å². The summed E-state index contributed by atoms with van der Waals surface area (Å²) >= 11 is 0. The maximum absolute atomic E-state index is 13.1. The minimum atomic E-state index is -0.197. The van der Waals surface area contributed by atoms with E-state index in [0.717, 1.165) is 43.2 Å². The summed E-state index contributed by atoms with van der Waals surface area (Å²) in [5, 5.41) is 0. The smallest absolute Gasteiger partial charge is 0.136 e. The highest BCUT2D eigenvalue weighted by Crippen LogP contribution is 2.31. The number of carbonyl (C=O) groups excluding carboxylic acids is 1. The zero-order valence-corrected chi connectivity index (χ0v) is 11.2. The fraction of sp³-hybridized carbons (Fsp3) is 0.562. The lowest BCUT2D eigenvalue weighted by Gasteiger charge is -2.27. The number of Topliss-reactive ketones (excluding diaryl/α,β-unsaturated/α-hetero) is 1. The van der Waals surface area contributed by atoms with Crippen LogP contribution in [-0.4, -0.2) is 5.78 Å². The van der Waals surface area contributed by atoms with Crippen LogP contribution in [0, 0.1) is 24.6 Å². The Hall–Kier alpha value is -1.18. The van der Waals surface area contributed by atoms with Crippen LogP contribution in [0.3, 0.4) is 0 Å². The first-order valence-electron chi connectivity index (χ1n) is 6.88. The molecule has 1 aliphatic carbocycles. The number of hydrogen-bond donors (Lipinski definition) is 0. The van der Waals surface area contributed by atoms with Gasteiger partial charge in [0.05, 0.1) is 0 Å². The molecule has 1 saturated carbocycles. The molecular weight excluding hydrogens is 227 g/mol. The predicted octanol–water partition coefficient (Wildman–Crippen LogP) is 4.07. The van der Waals surface area contributed by atoms with Crippen molar-refractivity contribution in [3.63, 3.8) is 0 Å². The largest absolute Gasteiger partial charge is 0.299 e. The highest BCUT2D eigenvalue weighted by Gasteiger charge is 2.28. The molecule has 98 valence electrons. The fourth-order valence-electron chi connectivity index (χ4n) is 2.92. The van der Waals surface area contributed by atoms with Gasteiger partial charge in [-0.3, -0.25) is 4.79 Å². The lowest BCUT2D eigenvalue weighted by atomic mass is 9.76. The SMILES string of the molecule is CCC1CCC(=O)C(Cc2ccc(F)cc2C)C1. The second-order valence-electron chi connectivity index (χ2n) is 5.49. The molecule has 0 radical (unpaired) electrons. The zero-order chi connectivity index (χ0) is 13.1. The molecule has 1 fully saturated rings. The quantitative estimate of drug-likeness (QED) is 0.788. The van der Waals surface area contributed by atoms with Crippen molar-refractivity contribution in [2.75, 3.05) is 0 Å². The van der Waals surface area contributed by atoms with Crippen LogP contribution in [0.4, 0.5) is 4.39 Å². The van der Waals surface area contributed by atoms with E-state index in [1.54, 1.807) is 6.07 Å². The van der Waals surface area contributed by atoms with Gasteiger partial charge < -0.3 is 0 Å². The Kier molecular flexibility index (Phi) is 4.15. The first-order chi connectivity index (χ1) is 8.60. The number of ketones is 1. The molecule has 1 nitrogen and oxygen atoms in total. The van der Waals surface area contributed by atoms with Crippen molar-refractivity contribution in [2.45, 2.75) is 46.0 Å². The second kappa shape index (κ2) is 5.64. The highest BCUT2D eigenvalue weighted by atomic mass is 19.1. The number of aryl methyl sites for hydroxylation is 1. The molecule has 1 aliphatic rings. The minimum Gasteiger partial charge on any atom is -0.299 e. The van der Waals surface area contributed by atoms with Crippen LogP contribution in [0.2, 0.25) is 0 Å². The summed E-state index contributed by atoms with van der Waals surface area (Å²) in [6.07, 6.45) is 4.72. The molecule has 0 N–H and O–H groups in total. The third-order valence-electron chi connectivity index (χ3n) is 4.22. The summed E-state index contributed by atoms with van der Waals surface area (Å²) in [4.78, 5) is 12.0. The molecule has 18 heavy (non-hydrogen) atoms. The van der Waals surface area contributed by atoms with Crippen LogP contribution in [0.5, 0.6) is 0 Å². The van der Waals surface area contributed by atoms with Crippen LogP contribution in [0.1, 0.15) is 43.7 Å². The van der Waals surface area contributed by atoms with Gasteiger partial charge in [0, 0.05) is 12.3 Å². The number of rotatable bonds is 3. The number of hydrogen-bond acceptors (Lipinski definition) is 1. The summed E-state index contributed by atoms with van der Waals surface area (Å²) in [5.74, 6) is 1.03. The maximum atomic E-state index is 13.1. The van der Waals surface area contributed by atoms with E-state index in [0.29, 0.717) is 11.7 Å². The molecule has 0 saturated heterocycles. The van der Waals surface area contributed by atoms with Crippen LogP contribution >= 0.6 is 0 Å². The van der Waals surface area contributed by atoms with E-state index in [1.165, 1.54) is 6.07 Å². The first kappa shape index (κ1) is 13.3. The fourth-order valence-corrected chi connectivity index (χ4v) is 2.92. The molecule has 2 atom stereocenters. The van der Waals surface area contributed by atoms with Crippen molar-refractivity contribution in [1.29, 1.82) is 0 Å². The third kappa shape index (κ3) is 2.98. The zero-order valence-electron chi connectivity index (χ0n) is 11.2. The van der Waals surface area contributed by atoms with Gasteiger partial charge in [0.1, 0.15) is 11.6 Å². The third-order valence-corrected chi connectivity index (χ3v) is 4.22. The van der Waals surface area contributed by atoms with Crippen LogP contribution in [0.25, 0.3) is 0 Å². The normalized spacial score (nSPS) is 24.3. The molecule has 2 rings (SSSR count). The van der Waals surface area contributed by atoms with Crippen molar-refractivity contribution in [1.82, 2.24) is 0 Å².